The maximum absolute atomic E-state index is 11.8. The van der Waals surface area contributed by atoms with E-state index in [9.17, 15) is 4.79 Å². The molecule has 0 radical (unpaired) electrons. The van der Waals surface area contributed by atoms with Crippen molar-refractivity contribution in [1.29, 1.82) is 0 Å². The SMILES string of the molecule is Cc1ccc2c(CSc3nnc(-c4sc(C)nc4C)o3)cc(=O)oc2c1. The number of thiazole rings is 1. The highest BCUT2D eigenvalue weighted by Gasteiger charge is 2.16. The number of thioether (sulfide) groups is 1. The van der Waals surface area contributed by atoms with E-state index >= 15 is 0 Å². The van der Waals surface area contributed by atoms with E-state index in [0.29, 0.717) is 22.4 Å². The van der Waals surface area contributed by atoms with Crippen LogP contribution in [0.2, 0.25) is 0 Å². The molecule has 0 aliphatic carbocycles. The Balaban J connectivity index is 1.59. The number of aryl methyl sites for hydroxylation is 3. The average molecular weight is 385 g/mol. The topological polar surface area (TPSA) is 82.0 Å². The standard InChI is InChI=1S/C18H15N3O3S2/c1-9-4-5-13-12(7-15(22)23-14(13)6-9)8-25-18-21-20-17(24-18)16-10(2)19-11(3)26-16/h4-7H,8H2,1-3H3. The fourth-order valence-electron chi connectivity index (χ4n) is 2.69. The predicted molar refractivity (Wildman–Crippen MR) is 102 cm³/mol. The summed E-state index contributed by atoms with van der Waals surface area (Å²) in [5.41, 5.74) is 3.04. The molecule has 6 nitrogen and oxygen atoms in total. The fourth-order valence-corrected chi connectivity index (χ4v) is 4.28. The lowest BCUT2D eigenvalue weighted by Crippen LogP contribution is -2.00. The molecule has 0 fully saturated rings. The Labute approximate surface area is 157 Å². The van der Waals surface area contributed by atoms with Gasteiger partial charge in [-0.05, 0) is 38.0 Å². The minimum atomic E-state index is -0.360. The number of nitrogens with zero attached hydrogens (tertiary/aromatic N) is 3. The number of rotatable bonds is 4. The molecule has 0 bridgehead atoms. The van der Waals surface area contributed by atoms with Crippen molar-refractivity contribution in [1.82, 2.24) is 15.2 Å². The zero-order valence-corrected chi connectivity index (χ0v) is 16.0. The Hall–Kier alpha value is -2.45. The van der Waals surface area contributed by atoms with Crippen LogP contribution in [0, 0.1) is 20.8 Å². The van der Waals surface area contributed by atoms with Gasteiger partial charge in [0.2, 0.25) is 0 Å². The molecule has 0 saturated heterocycles. The number of benzene rings is 1. The van der Waals surface area contributed by atoms with Crippen LogP contribution in [0.1, 0.15) is 21.8 Å². The molecule has 132 valence electrons. The van der Waals surface area contributed by atoms with Crippen LogP contribution in [0.3, 0.4) is 0 Å². The molecule has 0 aliphatic heterocycles. The van der Waals surface area contributed by atoms with Gasteiger partial charge in [-0.15, -0.1) is 21.5 Å². The summed E-state index contributed by atoms with van der Waals surface area (Å²) >= 11 is 2.92. The first-order valence-electron chi connectivity index (χ1n) is 7.94. The van der Waals surface area contributed by atoms with E-state index < -0.39 is 0 Å². The van der Waals surface area contributed by atoms with E-state index in [4.69, 9.17) is 8.83 Å². The molecule has 26 heavy (non-hydrogen) atoms. The smallest absolute Gasteiger partial charge is 0.336 e. The lowest BCUT2D eigenvalue weighted by Gasteiger charge is -2.04. The zero-order valence-electron chi connectivity index (χ0n) is 14.4. The Bertz CT molecular complexity index is 1160. The van der Waals surface area contributed by atoms with E-state index in [1.165, 1.54) is 29.2 Å². The summed E-state index contributed by atoms with van der Waals surface area (Å²) in [6.07, 6.45) is 0. The molecule has 1 aromatic carbocycles. The Morgan fingerprint density at radius 1 is 1.12 bits per heavy atom. The van der Waals surface area contributed by atoms with Crippen molar-refractivity contribution in [2.75, 3.05) is 0 Å². The summed E-state index contributed by atoms with van der Waals surface area (Å²) in [6.45, 7) is 5.83. The molecule has 0 atom stereocenters. The van der Waals surface area contributed by atoms with Gasteiger partial charge in [0.15, 0.2) is 0 Å². The van der Waals surface area contributed by atoms with Crippen LogP contribution < -0.4 is 5.63 Å². The van der Waals surface area contributed by atoms with Gasteiger partial charge in [0.05, 0.1) is 10.7 Å². The van der Waals surface area contributed by atoms with Crippen molar-refractivity contribution in [3.05, 3.63) is 56.5 Å². The lowest BCUT2D eigenvalue weighted by atomic mass is 10.1. The molecule has 3 heterocycles. The van der Waals surface area contributed by atoms with Gasteiger partial charge in [-0.25, -0.2) is 9.78 Å². The third-order valence-corrected chi connectivity index (χ3v) is 5.77. The van der Waals surface area contributed by atoms with E-state index in [-0.39, 0.29) is 5.63 Å². The van der Waals surface area contributed by atoms with Gasteiger partial charge in [-0.1, -0.05) is 23.9 Å². The Morgan fingerprint density at radius 3 is 2.73 bits per heavy atom. The predicted octanol–water partition coefficient (Wildman–Crippen LogP) is 4.52. The second-order valence-electron chi connectivity index (χ2n) is 5.90. The van der Waals surface area contributed by atoms with Crippen molar-refractivity contribution in [3.63, 3.8) is 0 Å². The second kappa shape index (κ2) is 6.69. The molecule has 0 aliphatic rings. The molecule has 0 unspecified atom stereocenters. The fraction of sp³-hybridized carbons (Fsp3) is 0.222. The van der Waals surface area contributed by atoms with Crippen LogP contribution >= 0.6 is 23.1 Å². The molecule has 3 aromatic heterocycles. The van der Waals surface area contributed by atoms with Crippen LogP contribution in [-0.2, 0) is 5.75 Å². The second-order valence-corrected chi connectivity index (χ2v) is 8.03. The molecular formula is C18H15N3O3S2. The maximum Gasteiger partial charge on any atom is 0.336 e. The van der Waals surface area contributed by atoms with Crippen LogP contribution in [0.15, 0.2) is 43.1 Å². The summed E-state index contributed by atoms with van der Waals surface area (Å²) < 4.78 is 11.0. The van der Waals surface area contributed by atoms with E-state index in [2.05, 4.69) is 15.2 Å². The first kappa shape index (κ1) is 17.0. The highest BCUT2D eigenvalue weighted by molar-refractivity contribution is 7.98. The van der Waals surface area contributed by atoms with E-state index in [1.807, 2.05) is 39.0 Å². The number of hydrogen-bond donors (Lipinski definition) is 0. The molecule has 8 heteroatoms. The van der Waals surface area contributed by atoms with Crippen molar-refractivity contribution in [2.24, 2.45) is 0 Å². The number of aromatic nitrogens is 3. The molecule has 4 rings (SSSR count). The van der Waals surface area contributed by atoms with Gasteiger partial charge < -0.3 is 8.83 Å². The Kier molecular flexibility index (Phi) is 4.37. The zero-order chi connectivity index (χ0) is 18.3. The van der Waals surface area contributed by atoms with Crippen LogP contribution in [0.4, 0.5) is 0 Å². The lowest BCUT2D eigenvalue weighted by molar-refractivity contribution is 0.466. The van der Waals surface area contributed by atoms with Crippen molar-refractivity contribution in [3.8, 4) is 10.8 Å². The highest BCUT2D eigenvalue weighted by atomic mass is 32.2. The van der Waals surface area contributed by atoms with Crippen molar-refractivity contribution in [2.45, 2.75) is 31.7 Å². The van der Waals surface area contributed by atoms with Gasteiger partial charge in [-0.3, -0.25) is 0 Å². The van der Waals surface area contributed by atoms with E-state index in [0.717, 1.165) is 32.1 Å². The summed E-state index contributed by atoms with van der Waals surface area (Å²) in [4.78, 5) is 17.1. The van der Waals surface area contributed by atoms with Crippen molar-refractivity contribution < 1.29 is 8.83 Å². The highest BCUT2D eigenvalue weighted by Crippen LogP contribution is 2.32. The first-order chi connectivity index (χ1) is 12.5. The summed E-state index contributed by atoms with van der Waals surface area (Å²) in [7, 11) is 0. The summed E-state index contributed by atoms with van der Waals surface area (Å²) in [5.74, 6) is 1.01. The van der Waals surface area contributed by atoms with Crippen LogP contribution in [0.5, 0.6) is 0 Å². The quantitative estimate of drug-likeness (QED) is 0.377. The molecule has 0 N–H and O–H groups in total. The number of fused-ring (bicyclic) bond motifs is 1. The third-order valence-electron chi connectivity index (χ3n) is 3.84. The largest absolute Gasteiger partial charge is 0.423 e. The summed E-state index contributed by atoms with van der Waals surface area (Å²) in [6, 6.07) is 7.34. The minimum Gasteiger partial charge on any atom is -0.423 e. The third kappa shape index (κ3) is 3.30. The van der Waals surface area contributed by atoms with Crippen molar-refractivity contribution >= 4 is 34.1 Å². The molecule has 4 aromatic rings. The average Bonchev–Trinajstić information content (AvgIpc) is 3.18. The van der Waals surface area contributed by atoms with Gasteiger partial charge in [0.25, 0.3) is 11.1 Å². The van der Waals surface area contributed by atoms with Gasteiger partial charge >= 0.3 is 5.63 Å². The van der Waals surface area contributed by atoms with Crippen LogP contribution in [0.25, 0.3) is 21.7 Å². The molecule has 0 saturated carbocycles. The monoisotopic (exact) mass is 385 g/mol. The van der Waals surface area contributed by atoms with Gasteiger partial charge in [-0.2, -0.15) is 0 Å². The van der Waals surface area contributed by atoms with Crippen LogP contribution in [-0.4, -0.2) is 15.2 Å². The van der Waals surface area contributed by atoms with E-state index in [1.54, 1.807) is 0 Å². The summed E-state index contributed by atoms with van der Waals surface area (Å²) in [5, 5.41) is 10.5. The molecule has 0 amide bonds. The molecular weight excluding hydrogens is 370 g/mol. The normalized spacial score (nSPS) is 11.3. The molecule has 0 spiro atoms. The van der Waals surface area contributed by atoms with Gasteiger partial charge in [0, 0.05) is 17.2 Å². The Morgan fingerprint density at radius 2 is 1.96 bits per heavy atom. The maximum atomic E-state index is 11.8. The van der Waals surface area contributed by atoms with Gasteiger partial charge in [0.1, 0.15) is 10.5 Å². The first-order valence-corrected chi connectivity index (χ1v) is 9.74. The number of hydrogen-bond acceptors (Lipinski definition) is 8. The minimum absolute atomic E-state index is 0.360.